The molecular weight excluding hydrogens is 428 g/mol. The molecule has 5 rings (SSSR count). The van der Waals surface area contributed by atoms with Crippen molar-refractivity contribution in [3.8, 4) is 0 Å². The van der Waals surface area contributed by atoms with Crippen LogP contribution in [0.15, 0.2) is 59.6 Å². The summed E-state index contributed by atoms with van der Waals surface area (Å²) in [6.07, 6.45) is 2.05. The highest BCUT2D eigenvalue weighted by Gasteiger charge is 2.25. The van der Waals surface area contributed by atoms with E-state index in [0.717, 1.165) is 34.0 Å². The van der Waals surface area contributed by atoms with Crippen LogP contribution in [0.4, 0.5) is 5.13 Å². The average Bonchev–Trinajstić information content (AvgIpc) is 3.49. The van der Waals surface area contributed by atoms with Crippen LogP contribution in [-0.4, -0.2) is 33.1 Å². The zero-order chi connectivity index (χ0) is 21.4. The Labute approximate surface area is 187 Å². The number of benzene rings is 2. The summed E-state index contributed by atoms with van der Waals surface area (Å²) in [6.45, 7) is 1.83. The van der Waals surface area contributed by atoms with Crippen molar-refractivity contribution in [1.82, 2.24) is 15.3 Å². The molecule has 2 N–H and O–H groups in total. The lowest BCUT2D eigenvalue weighted by Gasteiger charge is -2.13. The smallest absolute Gasteiger partial charge is 0.252 e. The number of fused-ring (bicyclic) bond motifs is 2. The molecule has 2 aromatic carbocycles. The first kappa shape index (κ1) is 20.0. The zero-order valence-corrected chi connectivity index (χ0v) is 18.4. The van der Waals surface area contributed by atoms with E-state index in [9.17, 15) is 9.59 Å². The molecule has 156 valence electrons. The average molecular weight is 449 g/mol. The first-order valence-corrected chi connectivity index (χ1v) is 11.8. The van der Waals surface area contributed by atoms with Crippen LogP contribution >= 0.6 is 23.1 Å². The van der Waals surface area contributed by atoms with E-state index in [2.05, 4.69) is 20.6 Å². The Morgan fingerprint density at radius 1 is 1.06 bits per heavy atom. The van der Waals surface area contributed by atoms with Crippen molar-refractivity contribution in [2.45, 2.75) is 36.1 Å². The minimum Gasteiger partial charge on any atom is -0.349 e. The van der Waals surface area contributed by atoms with Gasteiger partial charge in [-0.05, 0) is 44.0 Å². The number of pyridine rings is 1. The van der Waals surface area contributed by atoms with Gasteiger partial charge < -0.3 is 10.6 Å². The highest BCUT2D eigenvalue weighted by Crippen LogP contribution is 2.30. The van der Waals surface area contributed by atoms with Gasteiger partial charge >= 0.3 is 0 Å². The van der Waals surface area contributed by atoms with Crippen LogP contribution in [0.3, 0.4) is 0 Å². The molecule has 1 unspecified atom stereocenters. The molecule has 2 amide bonds. The normalized spacial score (nSPS) is 14.5. The predicted molar refractivity (Wildman–Crippen MR) is 126 cm³/mol. The van der Waals surface area contributed by atoms with Crippen LogP contribution < -0.4 is 10.6 Å². The van der Waals surface area contributed by atoms with Gasteiger partial charge in [0.25, 0.3) is 5.91 Å². The molecule has 0 aliphatic heterocycles. The van der Waals surface area contributed by atoms with Gasteiger partial charge in [-0.15, -0.1) is 0 Å². The molecule has 8 heteroatoms. The number of carbonyl (C=O) groups is 2. The number of para-hydroxylation sites is 2. The molecule has 0 radical (unpaired) electrons. The van der Waals surface area contributed by atoms with Crippen molar-refractivity contribution in [1.29, 1.82) is 0 Å². The van der Waals surface area contributed by atoms with E-state index in [4.69, 9.17) is 0 Å². The van der Waals surface area contributed by atoms with E-state index < -0.39 is 5.25 Å². The van der Waals surface area contributed by atoms with Crippen LogP contribution in [0.25, 0.3) is 21.1 Å². The van der Waals surface area contributed by atoms with Crippen molar-refractivity contribution in [2.75, 3.05) is 5.32 Å². The number of nitrogens with zero attached hydrogens (tertiary/aromatic N) is 2. The fourth-order valence-electron chi connectivity index (χ4n) is 3.26. The SMILES string of the molecule is CC(Sc1cc(C(=O)NC2CC2)c2ccccc2n1)C(=O)Nc1nc2ccccc2s1. The Bertz CT molecular complexity index is 1270. The van der Waals surface area contributed by atoms with Gasteiger partial charge in [0, 0.05) is 11.4 Å². The summed E-state index contributed by atoms with van der Waals surface area (Å²) in [5, 5.41) is 7.59. The number of hydrogen-bond acceptors (Lipinski definition) is 6. The third-order valence-electron chi connectivity index (χ3n) is 5.04. The van der Waals surface area contributed by atoms with Gasteiger partial charge in [-0.25, -0.2) is 9.97 Å². The van der Waals surface area contributed by atoms with E-state index in [0.29, 0.717) is 15.7 Å². The molecule has 2 aromatic heterocycles. The molecular formula is C23H20N4O2S2. The summed E-state index contributed by atoms with van der Waals surface area (Å²) < 4.78 is 1.03. The van der Waals surface area contributed by atoms with Gasteiger partial charge in [0.05, 0.1) is 31.6 Å². The van der Waals surface area contributed by atoms with Crippen molar-refractivity contribution in [3.05, 3.63) is 60.2 Å². The van der Waals surface area contributed by atoms with Crippen molar-refractivity contribution in [2.24, 2.45) is 0 Å². The predicted octanol–water partition coefficient (Wildman–Crippen LogP) is 4.86. The van der Waals surface area contributed by atoms with Gasteiger partial charge in [0.1, 0.15) is 0 Å². The first-order chi connectivity index (χ1) is 15.1. The van der Waals surface area contributed by atoms with Crippen LogP contribution in [0.5, 0.6) is 0 Å². The molecule has 1 aliphatic carbocycles. The number of thioether (sulfide) groups is 1. The fourth-order valence-corrected chi connectivity index (χ4v) is 4.99. The van der Waals surface area contributed by atoms with Crippen molar-refractivity contribution >= 4 is 61.2 Å². The van der Waals surface area contributed by atoms with Gasteiger partial charge in [0.15, 0.2) is 5.13 Å². The lowest BCUT2D eigenvalue weighted by molar-refractivity contribution is -0.115. The second-order valence-corrected chi connectivity index (χ2v) is 9.90. The van der Waals surface area contributed by atoms with E-state index >= 15 is 0 Å². The summed E-state index contributed by atoms with van der Waals surface area (Å²) in [5.74, 6) is -0.238. The summed E-state index contributed by atoms with van der Waals surface area (Å²) >= 11 is 2.78. The minimum absolute atomic E-state index is 0.0884. The molecule has 6 nitrogen and oxygen atoms in total. The summed E-state index contributed by atoms with van der Waals surface area (Å²) in [4.78, 5) is 34.7. The summed E-state index contributed by atoms with van der Waals surface area (Å²) in [7, 11) is 0. The standard InChI is InChI=1S/C23H20N4O2S2/c1-13(21(28)27-23-26-18-8-4-5-9-19(18)31-23)30-20-12-16(22(29)24-14-10-11-14)15-6-2-3-7-17(15)25-20/h2-9,12-14H,10-11H2,1H3,(H,24,29)(H,26,27,28). The Hall–Kier alpha value is -2.97. The Kier molecular flexibility index (Phi) is 5.33. The van der Waals surface area contributed by atoms with E-state index in [-0.39, 0.29) is 17.9 Å². The fraction of sp³-hybridized carbons (Fsp3) is 0.217. The number of rotatable bonds is 6. The van der Waals surface area contributed by atoms with Gasteiger partial charge in [0.2, 0.25) is 5.91 Å². The Morgan fingerprint density at radius 2 is 1.81 bits per heavy atom. The second kappa shape index (κ2) is 8.28. The number of hydrogen-bond donors (Lipinski definition) is 2. The van der Waals surface area contributed by atoms with Crippen LogP contribution in [0, 0.1) is 0 Å². The highest BCUT2D eigenvalue weighted by atomic mass is 32.2. The number of amides is 2. The zero-order valence-electron chi connectivity index (χ0n) is 16.8. The Morgan fingerprint density at radius 3 is 2.58 bits per heavy atom. The number of thiazole rings is 1. The van der Waals surface area contributed by atoms with Gasteiger partial charge in [-0.1, -0.05) is 53.4 Å². The Balaban J connectivity index is 1.36. The number of anilines is 1. The first-order valence-electron chi connectivity index (χ1n) is 10.1. The molecule has 0 bridgehead atoms. The maximum absolute atomic E-state index is 12.8. The van der Waals surface area contributed by atoms with Crippen LogP contribution in [-0.2, 0) is 4.79 Å². The van der Waals surface area contributed by atoms with E-state index in [1.807, 2.05) is 55.5 Å². The number of carbonyl (C=O) groups excluding carboxylic acids is 2. The molecule has 0 saturated heterocycles. The molecule has 1 atom stereocenters. The maximum atomic E-state index is 12.8. The number of aromatic nitrogens is 2. The van der Waals surface area contributed by atoms with Gasteiger partial charge in [-0.2, -0.15) is 0 Å². The molecule has 31 heavy (non-hydrogen) atoms. The highest BCUT2D eigenvalue weighted by molar-refractivity contribution is 8.00. The topological polar surface area (TPSA) is 84.0 Å². The lowest BCUT2D eigenvalue weighted by Crippen LogP contribution is -2.26. The van der Waals surface area contributed by atoms with Crippen LogP contribution in [0.2, 0.25) is 0 Å². The van der Waals surface area contributed by atoms with Gasteiger partial charge in [-0.3, -0.25) is 9.59 Å². The third-order valence-corrected chi connectivity index (χ3v) is 7.01. The molecule has 2 heterocycles. The monoisotopic (exact) mass is 448 g/mol. The lowest BCUT2D eigenvalue weighted by atomic mass is 10.1. The molecule has 4 aromatic rings. The quantitative estimate of drug-likeness (QED) is 0.412. The third kappa shape index (κ3) is 4.40. The molecule has 1 saturated carbocycles. The minimum atomic E-state index is -0.403. The maximum Gasteiger partial charge on any atom is 0.252 e. The van der Waals surface area contributed by atoms with E-state index in [1.165, 1.54) is 23.1 Å². The second-order valence-electron chi connectivity index (χ2n) is 7.51. The molecule has 1 aliphatic rings. The number of nitrogens with one attached hydrogen (secondary N) is 2. The summed E-state index contributed by atoms with van der Waals surface area (Å²) in [5.41, 5.74) is 2.21. The van der Waals surface area contributed by atoms with E-state index in [1.54, 1.807) is 6.07 Å². The van der Waals surface area contributed by atoms with Crippen molar-refractivity contribution in [3.63, 3.8) is 0 Å². The summed E-state index contributed by atoms with van der Waals surface area (Å²) in [6, 6.07) is 17.4. The molecule has 1 fully saturated rings. The largest absolute Gasteiger partial charge is 0.349 e. The van der Waals surface area contributed by atoms with Crippen molar-refractivity contribution < 1.29 is 9.59 Å². The molecule has 0 spiro atoms. The van der Waals surface area contributed by atoms with Crippen LogP contribution in [0.1, 0.15) is 30.1 Å².